The molecule has 0 aliphatic rings. The Hall–Kier alpha value is -1.92. The van der Waals surface area contributed by atoms with Crippen molar-refractivity contribution in [1.29, 1.82) is 0 Å². The third kappa shape index (κ3) is 3.83. The number of carboxylic acid groups (broad SMARTS) is 1. The van der Waals surface area contributed by atoms with Gasteiger partial charge in [0.25, 0.3) is 0 Å². The molecule has 1 unspecified atom stereocenters. The first-order valence-electron chi connectivity index (χ1n) is 5.81. The second kappa shape index (κ2) is 6.13. The van der Waals surface area contributed by atoms with E-state index in [2.05, 4.69) is 24.2 Å². The van der Waals surface area contributed by atoms with Crippen molar-refractivity contribution in [3.8, 4) is 0 Å². The van der Waals surface area contributed by atoms with E-state index in [1.165, 1.54) is 10.9 Å². The van der Waals surface area contributed by atoms with Crippen molar-refractivity contribution in [1.82, 2.24) is 19.9 Å². The summed E-state index contributed by atoms with van der Waals surface area (Å²) in [6, 6.07) is 0. The lowest BCUT2D eigenvalue weighted by molar-refractivity contribution is -0.131. The molecule has 1 heterocycles. The fourth-order valence-corrected chi connectivity index (χ4v) is 1.43. The molecule has 0 spiro atoms. The van der Waals surface area contributed by atoms with Crippen LogP contribution in [0.5, 0.6) is 0 Å². The summed E-state index contributed by atoms with van der Waals surface area (Å²) in [7, 11) is 1.73. The number of amides is 1. The summed E-state index contributed by atoms with van der Waals surface area (Å²) in [4.78, 5) is 24.1. The predicted molar refractivity (Wildman–Crippen MR) is 64.1 cm³/mol. The summed E-state index contributed by atoms with van der Waals surface area (Å²) in [6.07, 6.45) is 2.25. The average Bonchev–Trinajstić information content (AvgIpc) is 2.77. The summed E-state index contributed by atoms with van der Waals surface area (Å²) in [5.74, 6) is -0.830. The van der Waals surface area contributed by atoms with Crippen LogP contribution in [0.15, 0.2) is 6.20 Å². The van der Waals surface area contributed by atoms with Crippen LogP contribution < -0.4 is 0 Å². The Balaban J connectivity index is 2.55. The molecule has 1 rings (SSSR count). The maximum Gasteiger partial charge on any atom is 0.358 e. The van der Waals surface area contributed by atoms with E-state index in [1.54, 1.807) is 11.9 Å². The third-order valence-electron chi connectivity index (χ3n) is 2.76. The standard InChI is InChI=1S/C11H18N4O3/c1-4-8(2)5-14(3)10(16)7-15-6-9(11(17)18)12-13-15/h6,8H,4-5,7H2,1-3H3,(H,17,18). The van der Waals surface area contributed by atoms with Gasteiger partial charge in [-0.3, -0.25) is 4.79 Å². The van der Waals surface area contributed by atoms with Gasteiger partial charge in [0, 0.05) is 13.6 Å². The van der Waals surface area contributed by atoms with Crippen LogP contribution in [0.25, 0.3) is 0 Å². The highest BCUT2D eigenvalue weighted by Crippen LogP contribution is 2.03. The van der Waals surface area contributed by atoms with Gasteiger partial charge in [0.05, 0.1) is 6.20 Å². The molecule has 0 aromatic carbocycles. The molecule has 100 valence electrons. The van der Waals surface area contributed by atoms with Gasteiger partial charge in [0.1, 0.15) is 6.54 Å². The zero-order chi connectivity index (χ0) is 13.7. The molecule has 1 aromatic heterocycles. The minimum atomic E-state index is -1.15. The fourth-order valence-electron chi connectivity index (χ4n) is 1.43. The van der Waals surface area contributed by atoms with Gasteiger partial charge in [-0.25, -0.2) is 9.48 Å². The smallest absolute Gasteiger partial charge is 0.358 e. The van der Waals surface area contributed by atoms with E-state index in [4.69, 9.17) is 5.11 Å². The monoisotopic (exact) mass is 254 g/mol. The molecular formula is C11H18N4O3. The van der Waals surface area contributed by atoms with Crippen molar-refractivity contribution in [2.45, 2.75) is 26.8 Å². The van der Waals surface area contributed by atoms with Crippen molar-refractivity contribution < 1.29 is 14.7 Å². The number of nitrogens with zero attached hydrogens (tertiary/aromatic N) is 4. The zero-order valence-corrected chi connectivity index (χ0v) is 10.8. The van der Waals surface area contributed by atoms with Gasteiger partial charge in [-0.1, -0.05) is 25.5 Å². The van der Waals surface area contributed by atoms with Crippen LogP contribution in [0.1, 0.15) is 30.8 Å². The Bertz CT molecular complexity index is 430. The molecule has 0 saturated carbocycles. The van der Waals surface area contributed by atoms with Gasteiger partial charge in [-0.2, -0.15) is 0 Å². The molecule has 0 fully saturated rings. The first-order valence-corrected chi connectivity index (χ1v) is 5.81. The van der Waals surface area contributed by atoms with Gasteiger partial charge in [0.15, 0.2) is 5.69 Å². The second-order valence-corrected chi connectivity index (χ2v) is 4.39. The quantitative estimate of drug-likeness (QED) is 0.797. The van der Waals surface area contributed by atoms with E-state index in [-0.39, 0.29) is 18.1 Å². The van der Waals surface area contributed by atoms with E-state index in [0.29, 0.717) is 12.5 Å². The topological polar surface area (TPSA) is 88.3 Å². The molecule has 7 nitrogen and oxygen atoms in total. The number of carboxylic acids is 1. The molecule has 0 bridgehead atoms. The van der Waals surface area contributed by atoms with Crippen molar-refractivity contribution in [2.24, 2.45) is 5.92 Å². The number of aromatic nitrogens is 3. The first-order chi connectivity index (χ1) is 8.43. The average molecular weight is 254 g/mol. The van der Waals surface area contributed by atoms with Crippen molar-refractivity contribution in [2.75, 3.05) is 13.6 Å². The Labute approximate surface area is 105 Å². The summed E-state index contributed by atoms with van der Waals surface area (Å²) in [6.45, 7) is 4.82. The van der Waals surface area contributed by atoms with Crippen LogP contribution in [0.3, 0.4) is 0 Å². The van der Waals surface area contributed by atoms with E-state index in [1.807, 2.05) is 0 Å². The Morgan fingerprint density at radius 1 is 1.56 bits per heavy atom. The minimum absolute atomic E-state index is 0.00716. The van der Waals surface area contributed by atoms with Gasteiger partial charge < -0.3 is 10.0 Å². The molecule has 1 aromatic rings. The van der Waals surface area contributed by atoms with Crippen LogP contribution in [0, 0.1) is 5.92 Å². The molecule has 0 aliphatic heterocycles. The maximum atomic E-state index is 11.8. The molecule has 7 heteroatoms. The lowest BCUT2D eigenvalue weighted by Gasteiger charge is -2.20. The molecule has 1 atom stereocenters. The number of likely N-dealkylation sites (N-methyl/N-ethyl adjacent to an activating group) is 1. The molecular weight excluding hydrogens is 236 g/mol. The lowest BCUT2D eigenvalue weighted by atomic mass is 10.1. The van der Waals surface area contributed by atoms with Crippen molar-refractivity contribution >= 4 is 11.9 Å². The molecule has 0 aliphatic carbocycles. The van der Waals surface area contributed by atoms with E-state index >= 15 is 0 Å². The van der Waals surface area contributed by atoms with Crippen LogP contribution in [-0.4, -0.2) is 50.5 Å². The summed E-state index contributed by atoms with van der Waals surface area (Å²) < 4.78 is 1.24. The summed E-state index contributed by atoms with van der Waals surface area (Å²) >= 11 is 0. The number of hydrogen-bond donors (Lipinski definition) is 1. The molecule has 0 radical (unpaired) electrons. The number of aromatic carboxylic acids is 1. The highest BCUT2D eigenvalue weighted by Gasteiger charge is 2.14. The highest BCUT2D eigenvalue weighted by atomic mass is 16.4. The molecule has 1 amide bonds. The maximum absolute atomic E-state index is 11.8. The van der Waals surface area contributed by atoms with Crippen LogP contribution >= 0.6 is 0 Å². The Morgan fingerprint density at radius 2 is 2.22 bits per heavy atom. The van der Waals surface area contributed by atoms with Gasteiger partial charge in [-0.15, -0.1) is 5.10 Å². The van der Waals surface area contributed by atoms with E-state index in [0.717, 1.165) is 6.42 Å². The second-order valence-electron chi connectivity index (χ2n) is 4.39. The van der Waals surface area contributed by atoms with Gasteiger partial charge in [0.2, 0.25) is 5.91 Å². The number of hydrogen-bond acceptors (Lipinski definition) is 4. The number of carbonyl (C=O) groups is 2. The molecule has 18 heavy (non-hydrogen) atoms. The van der Waals surface area contributed by atoms with Crippen LogP contribution in [0.4, 0.5) is 0 Å². The number of carbonyl (C=O) groups excluding carboxylic acids is 1. The Morgan fingerprint density at radius 3 is 2.72 bits per heavy atom. The molecule has 0 saturated heterocycles. The van der Waals surface area contributed by atoms with Crippen molar-refractivity contribution in [3.05, 3.63) is 11.9 Å². The first kappa shape index (κ1) is 14.1. The van der Waals surface area contributed by atoms with Gasteiger partial charge in [-0.05, 0) is 5.92 Å². The highest BCUT2D eigenvalue weighted by molar-refractivity contribution is 5.84. The largest absolute Gasteiger partial charge is 0.476 e. The summed E-state index contributed by atoms with van der Waals surface area (Å²) in [5.41, 5.74) is -0.160. The van der Waals surface area contributed by atoms with E-state index in [9.17, 15) is 9.59 Å². The number of rotatable bonds is 6. The molecule has 1 N–H and O–H groups in total. The van der Waals surface area contributed by atoms with Crippen LogP contribution in [-0.2, 0) is 11.3 Å². The van der Waals surface area contributed by atoms with Crippen LogP contribution in [0.2, 0.25) is 0 Å². The van der Waals surface area contributed by atoms with Crippen molar-refractivity contribution in [3.63, 3.8) is 0 Å². The zero-order valence-electron chi connectivity index (χ0n) is 10.8. The summed E-state index contributed by atoms with van der Waals surface area (Å²) in [5, 5.41) is 15.7. The predicted octanol–water partition coefficient (Wildman–Crippen LogP) is 0.481. The van der Waals surface area contributed by atoms with E-state index < -0.39 is 5.97 Å². The Kier molecular flexibility index (Phi) is 4.82. The lowest BCUT2D eigenvalue weighted by Crippen LogP contribution is -2.33. The minimum Gasteiger partial charge on any atom is -0.476 e. The SMILES string of the molecule is CCC(C)CN(C)C(=O)Cn1cc(C(=O)O)nn1. The fraction of sp³-hybridized carbons (Fsp3) is 0.636. The third-order valence-corrected chi connectivity index (χ3v) is 2.76. The normalized spacial score (nSPS) is 12.2. The van der Waals surface area contributed by atoms with Gasteiger partial charge >= 0.3 is 5.97 Å².